The molecule has 1 aromatic heterocycles. The number of benzene rings is 1. The van der Waals surface area contributed by atoms with Gasteiger partial charge in [-0.2, -0.15) is 0 Å². The first-order chi connectivity index (χ1) is 11.8. The molecule has 0 aliphatic carbocycles. The topological polar surface area (TPSA) is 60.0 Å². The number of rotatable bonds is 7. The lowest BCUT2D eigenvalue weighted by molar-refractivity contribution is 0.0941. The molecule has 4 heteroatoms. The molecule has 0 aliphatic rings. The summed E-state index contributed by atoms with van der Waals surface area (Å²) < 4.78 is 2.22. The lowest BCUT2D eigenvalue weighted by atomic mass is 9.94. The first kappa shape index (κ1) is 19.3. The monoisotopic (exact) mass is 341 g/mol. The van der Waals surface area contributed by atoms with Gasteiger partial charge in [0.2, 0.25) is 0 Å². The highest BCUT2D eigenvalue weighted by atomic mass is 16.1. The normalized spacial score (nSPS) is 12.9. The van der Waals surface area contributed by atoms with E-state index < -0.39 is 0 Å². The zero-order chi connectivity index (χ0) is 18.6. The fourth-order valence-corrected chi connectivity index (χ4v) is 3.34. The van der Waals surface area contributed by atoms with Gasteiger partial charge in [0.1, 0.15) is 0 Å². The van der Waals surface area contributed by atoms with Crippen molar-refractivity contribution in [3.8, 4) is 0 Å². The van der Waals surface area contributed by atoms with Crippen LogP contribution in [0.5, 0.6) is 0 Å². The third-order valence-corrected chi connectivity index (χ3v) is 5.41. The van der Waals surface area contributed by atoms with Gasteiger partial charge in [-0.05, 0) is 45.2 Å². The van der Waals surface area contributed by atoms with Crippen LogP contribution < -0.4 is 11.1 Å². The van der Waals surface area contributed by atoms with Crippen molar-refractivity contribution in [2.24, 2.45) is 5.73 Å². The first-order valence-corrected chi connectivity index (χ1v) is 9.13. The van der Waals surface area contributed by atoms with Crippen molar-refractivity contribution >= 4 is 5.91 Å². The Bertz CT molecular complexity index is 714. The van der Waals surface area contributed by atoms with Crippen LogP contribution in [0.15, 0.2) is 36.4 Å². The van der Waals surface area contributed by atoms with Gasteiger partial charge >= 0.3 is 0 Å². The molecule has 1 amide bonds. The number of hydrogen-bond acceptors (Lipinski definition) is 2. The number of aryl methyl sites for hydroxylation is 1. The van der Waals surface area contributed by atoms with Crippen LogP contribution in [0, 0.1) is 13.8 Å². The van der Waals surface area contributed by atoms with E-state index in [1.165, 1.54) is 5.56 Å². The number of nitrogens with two attached hydrogens (primary N) is 1. The van der Waals surface area contributed by atoms with E-state index in [1.54, 1.807) is 0 Å². The third kappa shape index (κ3) is 4.13. The van der Waals surface area contributed by atoms with Crippen LogP contribution in [0.4, 0.5) is 0 Å². The molecular formula is C21H31N3O. The fourth-order valence-electron chi connectivity index (χ4n) is 3.34. The average molecular weight is 341 g/mol. The van der Waals surface area contributed by atoms with Gasteiger partial charge in [0, 0.05) is 23.5 Å². The molecule has 2 aromatic rings. The Hall–Kier alpha value is -2.07. The number of hydrogen-bond donors (Lipinski definition) is 2. The maximum absolute atomic E-state index is 12.7. The van der Waals surface area contributed by atoms with Crippen molar-refractivity contribution in [3.05, 3.63) is 58.9 Å². The van der Waals surface area contributed by atoms with Gasteiger partial charge < -0.3 is 15.6 Å². The highest BCUT2D eigenvalue weighted by molar-refractivity contribution is 5.95. The summed E-state index contributed by atoms with van der Waals surface area (Å²) in [4.78, 5) is 12.7. The fraction of sp³-hybridized carbons (Fsp3) is 0.476. The number of aromatic nitrogens is 1. The second-order valence-corrected chi connectivity index (χ2v) is 6.99. The second kappa shape index (κ2) is 7.87. The lowest BCUT2D eigenvalue weighted by Gasteiger charge is -2.26. The quantitative estimate of drug-likeness (QED) is 0.801. The zero-order valence-corrected chi connectivity index (χ0v) is 16.1. The van der Waals surface area contributed by atoms with E-state index in [9.17, 15) is 4.79 Å². The summed E-state index contributed by atoms with van der Waals surface area (Å²) in [5.41, 5.74) is 10.0. The maximum Gasteiger partial charge on any atom is 0.253 e. The zero-order valence-electron chi connectivity index (χ0n) is 16.1. The van der Waals surface area contributed by atoms with Crippen LogP contribution in [0.3, 0.4) is 0 Å². The molecule has 0 saturated carbocycles. The van der Waals surface area contributed by atoms with Gasteiger partial charge in [0.05, 0.1) is 11.6 Å². The maximum atomic E-state index is 12.7. The summed E-state index contributed by atoms with van der Waals surface area (Å²) in [5, 5.41) is 3.02. The molecular weight excluding hydrogens is 310 g/mol. The summed E-state index contributed by atoms with van der Waals surface area (Å²) in [6, 6.07) is 12.5. The molecule has 0 fully saturated rings. The van der Waals surface area contributed by atoms with Gasteiger partial charge in [-0.25, -0.2) is 0 Å². The third-order valence-electron chi connectivity index (χ3n) is 5.41. The summed E-state index contributed by atoms with van der Waals surface area (Å²) >= 11 is 0. The molecule has 4 nitrogen and oxygen atoms in total. The van der Waals surface area contributed by atoms with Crippen molar-refractivity contribution in [1.82, 2.24) is 9.88 Å². The second-order valence-electron chi connectivity index (χ2n) is 6.99. The molecule has 1 heterocycles. The van der Waals surface area contributed by atoms with Crippen molar-refractivity contribution in [2.75, 3.05) is 6.54 Å². The molecule has 0 bridgehead atoms. The van der Waals surface area contributed by atoms with Crippen molar-refractivity contribution in [1.29, 1.82) is 0 Å². The number of amides is 1. The Morgan fingerprint density at radius 3 is 2.36 bits per heavy atom. The standard InChI is InChI=1S/C21H31N3O/c1-6-21(22,7-2)14-23-20(25)19-13-15(3)24(17(19)5)16(4)18-11-9-8-10-12-18/h8-13,16H,6-7,14,22H2,1-5H3,(H,23,25). The van der Waals surface area contributed by atoms with Crippen LogP contribution >= 0.6 is 0 Å². The Morgan fingerprint density at radius 2 is 1.80 bits per heavy atom. The summed E-state index contributed by atoms with van der Waals surface area (Å²) in [6.07, 6.45) is 1.68. The number of carbonyl (C=O) groups excluding carboxylic acids is 1. The Morgan fingerprint density at radius 1 is 1.20 bits per heavy atom. The summed E-state index contributed by atoms with van der Waals surface area (Å²) in [7, 11) is 0. The molecule has 0 spiro atoms. The number of nitrogens with zero attached hydrogens (tertiary/aromatic N) is 1. The highest BCUT2D eigenvalue weighted by Gasteiger charge is 2.24. The van der Waals surface area contributed by atoms with Crippen molar-refractivity contribution in [3.63, 3.8) is 0 Å². The summed E-state index contributed by atoms with van der Waals surface area (Å²) in [6.45, 7) is 10.8. The van der Waals surface area contributed by atoms with E-state index in [4.69, 9.17) is 5.73 Å². The minimum absolute atomic E-state index is 0.0451. The predicted octanol–water partition coefficient (Wildman–Crippen LogP) is 3.96. The Kier molecular flexibility index (Phi) is 6.07. The predicted molar refractivity (Wildman–Crippen MR) is 104 cm³/mol. The SMILES string of the molecule is CCC(N)(CC)CNC(=O)c1cc(C)n(C(C)c2ccccc2)c1C. The molecule has 25 heavy (non-hydrogen) atoms. The van der Waals surface area contributed by atoms with Crippen LogP contribution in [-0.4, -0.2) is 22.6 Å². The Labute approximate surface area is 151 Å². The van der Waals surface area contributed by atoms with Crippen molar-refractivity contribution < 1.29 is 4.79 Å². The average Bonchev–Trinajstić information content (AvgIpc) is 2.94. The van der Waals surface area contributed by atoms with Crippen molar-refractivity contribution in [2.45, 2.75) is 59.0 Å². The lowest BCUT2D eigenvalue weighted by Crippen LogP contribution is -2.49. The van der Waals surface area contributed by atoms with Gasteiger partial charge in [0.25, 0.3) is 5.91 Å². The molecule has 1 unspecified atom stereocenters. The molecule has 3 N–H and O–H groups in total. The molecule has 2 rings (SSSR count). The van der Waals surface area contributed by atoms with E-state index in [0.717, 1.165) is 29.8 Å². The van der Waals surface area contributed by atoms with Crippen LogP contribution in [0.25, 0.3) is 0 Å². The number of nitrogens with one attached hydrogen (secondary N) is 1. The minimum atomic E-state index is -0.335. The summed E-state index contributed by atoms with van der Waals surface area (Å²) in [5.74, 6) is -0.0451. The molecule has 0 saturated heterocycles. The van der Waals surface area contributed by atoms with Crippen LogP contribution in [-0.2, 0) is 0 Å². The van der Waals surface area contributed by atoms with Crippen LogP contribution in [0.2, 0.25) is 0 Å². The molecule has 0 radical (unpaired) electrons. The van der Waals surface area contributed by atoms with E-state index >= 15 is 0 Å². The van der Waals surface area contributed by atoms with E-state index in [1.807, 2.05) is 31.2 Å². The Balaban J connectivity index is 2.23. The molecule has 1 aromatic carbocycles. The first-order valence-electron chi connectivity index (χ1n) is 9.13. The molecule has 136 valence electrons. The molecule has 0 aliphatic heterocycles. The van der Waals surface area contributed by atoms with E-state index in [0.29, 0.717) is 6.54 Å². The van der Waals surface area contributed by atoms with Crippen LogP contribution in [0.1, 0.15) is 67.0 Å². The van der Waals surface area contributed by atoms with E-state index in [2.05, 4.69) is 49.7 Å². The highest BCUT2D eigenvalue weighted by Crippen LogP contribution is 2.25. The van der Waals surface area contributed by atoms with Gasteiger partial charge in [-0.1, -0.05) is 44.2 Å². The van der Waals surface area contributed by atoms with E-state index in [-0.39, 0.29) is 17.5 Å². The molecule has 1 atom stereocenters. The number of carbonyl (C=O) groups is 1. The van der Waals surface area contributed by atoms with Gasteiger partial charge in [-0.15, -0.1) is 0 Å². The van der Waals surface area contributed by atoms with Gasteiger partial charge in [-0.3, -0.25) is 4.79 Å². The largest absolute Gasteiger partial charge is 0.350 e. The smallest absolute Gasteiger partial charge is 0.253 e. The minimum Gasteiger partial charge on any atom is -0.350 e. The van der Waals surface area contributed by atoms with Gasteiger partial charge in [0.15, 0.2) is 0 Å².